The van der Waals surface area contributed by atoms with Crippen molar-refractivity contribution >= 4 is 23.2 Å². The molecule has 3 rings (SSSR count). The summed E-state index contributed by atoms with van der Waals surface area (Å²) in [6.45, 7) is 5.06. The van der Waals surface area contributed by atoms with Gasteiger partial charge in [0.2, 0.25) is 5.91 Å². The maximum Gasteiger partial charge on any atom is 0.230 e. The maximum atomic E-state index is 13.0. The first-order valence-electron chi connectivity index (χ1n) is 10.8. The summed E-state index contributed by atoms with van der Waals surface area (Å²) in [5.74, 6) is -0.0465. The molecule has 0 radical (unpaired) electrons. The van der Waals surface area contributed by atoms with Crippen LogP contribution in [0.3, 0.4) is 0 Å². The molecule has 1 heterocycles. The van der Waals surface area contributed by atoms with Gasteiger partial charge in [-0.3, -0.25) is 9.78 Å². The lowest BCUT2D eigenvalue weighted by atomic mass is 10.1. The van der Waals surface area contributed by atoms with Crippen LogP contribution in [0.1, 0.15) is 36.4 Å². The van der Waals surface area contributed by atoms with E-state index in [1.54, 1.807) is 18.2 Å². The van der Waals surface area contributed by atoms with Crippen molar-refractivity contribution < 1.29 is 13.9 Å². The van der Waals surface area contributed by atoms with Crippen molar-refractivity contribution in [2.24, 2.45) is 0 Å². The minimum Gasteiger partial charge on any atom is -0.489 e. The van der Waals surface area contributed by atoms with Crippen LogP contribution < -0.4 is 15.4 Å². The van der Waals surface area contributed by atoms with E-state index < -0.39 is 0 Å². The van der Waals surface area contributed by atoms with E-state index in [2.05, 4.69) is 20.6 Å². The second-order valence-corrected chi connectivity index (χ2v) is 8.30. The maximum absolute atomic E-state index is 13.0. The summed E-state index contributed by atoms with van der Waals surface area (Å²) in [6, 6.07) is 11.8. The zero-order valence-corrected chi connectivity index (χ0v) is 19.7. The molecule has 0 bridgehead atoms. The number of anilines is 1. The Labute approximate surface area is 203 Å². The lowest BCUT2D eigenvalue weighted by Crippen LogP contribution is -2.18. The fourth-order valence-corrected chi connectivity index (χ4v) is 3.42. The molecule has 0 unspecified atom stereocenters. The average molecular weight is 482 g/mol. The number of nitrogens with zero attached hydrogens (tertiary/aromatic N) is 3. The third-order valence-corrected chi connectivity index (χ3v) is 5.11. The van der Waals surface area contributed by atoms with E-state index in [4.69, 9.17) is 21.6 Å². The fourth-order valence-electron chi connectivity index (χ4n) is 3.16. The molecule has 0 saturated heterocycles. The minimum absolute atomic E-state index is 0.00744. The second kappa shape index (κ2) is 12.1. The van der Waals surface area contributed by atoms with Gasteiger partial charge in [-0.1, -0.05) is 23.7 Å². The smallest absolute Gasteiger partial charge is 0.230 e. The van der Waals surface area contributed by atoms with Gasteiger partial charge in [-0.05, 0) is 62.2 Å². The Bertz CT molecular complexity index is 1160. The number of nitriles is 1. The minimum atomic E-state index is -0.308. The van der Waals surface area contributed by atoms with Crippen LogP contribution in [0.4, 0.5) is 10.1 Å². The van der Waals surface area contributed by atoms with Crippen molar-refractivity contribution in [2.45, 2.75) is 39.3 Å². The van der Waals surface area contributed by atoms with Crippen molar-refractivity contribution in [2.75, 3.05) is 11.9 Å². The standard InChI is InChI=1S/C25H25ClFN5O2/c1-16(2)34-24-9-18(7-8-29-13-17-3-5-19(27)6-4-17)22(26)11-23(24)32-25(33)10-20-14-31-21(12-28)15-30-20/h3-6,9,11,14-16,29H,7-8,10,13H2,1-2H3,(H,32,33). The van der Waals surface area contributed by atoms with Gasteiger partial charge in [0.1, 0.15) is 17.6 Å². The predicted molar refractivity (Wildman–Crippen MR) is 128 cm³/mol. The zero-order chi connectivity index (χ0) is 24.5. The summed E-state index contributed by atoms with van der Waals surface area (Å²) in [4.78, 5) is 20.6. The van der Waals surface area contributed by atoms with Gasteiger partial charge >= 0.3 is 0 Å². The van der Waals surface area contributed by atoms with E-state index in [9.17, 15) is 9.18 Å². The first-order chi connectivity index (χ1) is 16.3. The predicted octanol–water partition coefficient (Wildman–Crippen LogP) is 4.44. The van der Waals surface area contributed by atoms with Crippen LogP contribution in [0.15, 0.2) is 48.8 Å². The number of carbonyl (C=O) groups excluding carboxylic acids is 1. The third kappa shape index (κ3) is 7.51. The van der Waals surface area contributed by atoms with Gasteiger partial charge in [0.05, 0.1) is 36.3 Å². The van der Waals surface area contributed by atoms with Crippen LogP contribution in [-0.4, -0.2) is 28.5 Å². The highest BCUT2D eigenvalue weighted by atomic mass is 35.5. The third-order valence-electron chi connectivity index (χ3n) is 4.76. The molecule has 0 fully saturated rings. The molecule has 0 spiro atoms. The molecular formula is C25H25ClFN5O2. The van der Waals surface area contributed by atoms with Crippen molar-refractivity contribution in [3.8, 4) is 11.8 Å². The number of ether oxygens (including phenoxy) is 1. The van der Waals surface area contributed by atoms with Gasteiger partial charge in [-0.15, -0.1) is 0 Å². The molecule has 0 saturated carbocycles. The summed E-state index contributed by atoms with van der Waals surface area (Å²) in [7, 11) is 0. The first-order valence-corrected chi connectivity index (χ1v) is 11.2. The Hall–Kier alpha value is -3.54. The van der Waals surface area contributed by atoms with Gasteiger partial charge < -0.3 is 15.4 Å². The van der Waals surface area contributed by atoms with E-state index in [0.29, 0.717) is 41.7 Å². The number of hydrogen-bond donors (Lipinski definition) is 2. The Morgan fingerprint density at radius 1 is 1.21 bits per heavy atom. The molecule has 2 N–H and O–H groups in total. The normalized spacial score (nSPS) is 10.7. The van der Waals surface area contributed by atoms with Crippen molar-refractivity contribution in [3.05, 3.63) is 82.1 Å². The summed E-state index contributed by atoms with van der Waals surface area (Å²) < 4.78 is 18.9. The number of hydrogen-bond acceptors (Lipinski definition) is 6. The molecule has 0 aliphatic heterocycles. The average Bonchev–Trinajstić information content (AvgIpc) is 2.80. The molecule has 0 atom stereocenters. The Morgan fingerprint density at radius 2 is 1.97 bits per heavy atom. The van der Waals surface area contributed by atoms with E-state index >= 15 is 0 Å². The van der Waals surface area contributed by atoms with Crippen LogP contribution in [-0.2, 0) is 24.2 Å². The van der Waals surface area contributed by atoms with Crippen molar-refractivity contribution in [1.29, 1.82) is 5.26 Å². The summed E-state index contributed by atoms with van der Waals surface area (Å²) in [5.41, 5.74) is 2.96. The molecule has 1 amide bonds. The van der Waals surface area contributed by atoms with Crippen LogP contribution in [0.25, 0.3) is 0 Å². The van der Waals surface area contributed by atoms with Crippen molar-refractivity contribution in [3.63, 3.8) is 0 Å². The Balaban J connectivity index is 1.64. The van der Waals surface area contributed by atoms with E-state index in [0.717, 1.165) is 11.1 Å². The number of carbonyl (C=O) groups is 1. The van der Waals surface area contributed by atoms with Gasteiger partial charge in [0.15, 0.2) is 5.69 Å². The Kier molecular flexibility index (Phi) is 8.91. The highest BCUT2D eigenvalue weighted by Crippen LogP contribution is 2.32. The van der Waals surface area contributed by atoms with Crippen LogP contribution in [0.2, 0.25) is 5.02 Å². The monoisotopic (exact) mass is 481 g/mol. The van der Waals surface area contributed by atoms with E-state index in [1.165, 1.54) is 24.5 Å². The Morgan fingerprint density at radius 3 is 2.62 bits per heavy atom. The lowest BCUT2D eigenvalue weighted by molar-refractivity contribution is -0.115. The molecule has 176 valence electrons. The summed E-state index contributed by atoms with van der Waals surface area (Å²) >= 11 is 6.50. The summed E-state index contributed by atoms with van der Waals surface area (Å²) in [6.07, 6.45) is 3.26. The van der Waals surface area contributed by atoms with Crippen LogP contribution in [0.5, 0.6) is 5.75 Å². The highest BCUT2D eigenvalue weighted by Gasteiger charge is 2.15. The first kappa shape index (κ1) is 25.1. The largest absolute Gasteiger partial charge is 0.489 e. The lowest BCUT2D eigenvalue weighted by Gasteiger charge is -2.18. The zero-order valence-electron chi connectivity index (χ0n) is 18.9. The number of rotatable bonds is 10. The SMILES string of the molecule is CC(C)Oc1cc(CCNCc2ccc(F)cc2)c(Cl)cc1NC(=O)Cc1cnc(C#N)cn1. The topological polar surface area (TPSA) is 99.9 Å². The van der Waals surface area contributed by atoms with Gasteiger partial charge in [-0.25, -0.2) is 9.37 Å². The van der Waals surface area contributed by atoms with Crippen LogP contribution in [0, 0.1) is 17.1 Å². The molecule has 34 heavy (non-hydrogen) atoms. The number of aromatic nitrogens is 2. The van der Waals surface area contributed by atoms with Gasteiger partial charge in [-0.2, -0.15) is 5.26 Å². The van der Waals surface area contributed by atoms with Gasteiger partial charge in [0, 0.05) is 11.6 Å². The molecule has 0 aliphatic rings. The summed E-state index contributed by atoms with van der Waals surface area (Å²) in [5, 5.41) is 15.5. The molecule has 2 aromatic carbocycles. The number of benzene rings is 2. The molecule has 1 aromatic heterocycles. The number of amides is 1. The van der Waals surface area contributed by atoms with E-state index in [-0.39, 0.29) is 29.9 Å². The van der Waals surface area contributed by atoms with E-state index in [1.807, 2.05) is 26.0 Å². The number of halogens is 2. The fraction of sp³-hybridized carbons (Fsp3) is 0.280. The molecule has 3 aromatic rings. The molecular weight excluding hydrogens is 457 g/mol. The molecule has 9 heteroatoms. The van der Waals surface area contributed by atoms with Crippen molar-refractivity contribution in [1.82, 2.24) is 15.3 Å². The highest BCUT2D eigenvalue weighted by molar-refractivity contribution is 6.31. The van der Waals surface area contributed by atoms with Crippen LogP contribution >= 0.6 is 11.6 Å². The quantitative estimate of drug-likeness (QED) is 0.415. The van der Waals surface area contributed by atoms with Gasteiger partial charge in [0.25, 0.3) is 0 Å². The second-order valence-electron chi connectivity index (χ2n) is 7.89. The molecule has 7 nitrogen and oxygen atoms in total. The molecule has 0 aliphatic carbocycles. The number of nitrogens with one attached hydrogen (secondary N) is 2.